The lowest BCUT2D eigenvalue weighted by atomic mass is 10.5. The summed E-state index contributed by atoms with van der Waals surface area (Å²) in [5, 5.41) is 8.61. The van der Waals surface area contributed by atoms with Crippen molar-refractivity contribution in [3.8, 4) is 0 Å². The monoisotopic (exact) mass is 140 g/mol. The van der Waals surface area contributed by atoms with Crippen LogP contribution >= 0.6 is 0 Å². The molecule has 0 aromatic carbocycles. The number of rotatable bonds is 3. The van der Waals surface area contributed by atoms with Crippen LogP contribution in [0, 0.1) is 0 Å². The highest BCUT2D eigenvalue weighted by Crippen LogP contribution is 2.01. The Morgan fingerprint density at radius 3 is 2.25 bits per heavy atom. The second kappa shape index (κ2) is 3.97. The maximum absolute atomic E-state index is 11.3. The minimum Gasteiger partial charge on any atom is -0.397 e. The van der Waals surface area contributed by atoms with Crippen molar-refractivity contribution in [1.29, 1.82) is 0 Å². The first-order valence-corrected chi connectivity index (χ1v) is 4.86. The lowest BCUT2D eigenvalue weighted by Gasteiger charge is -2.03. The lowest BCUT2D eigenvalue weighted by molar-refractivity contribution is 0.0931. The SMILES string of the molecule is C[SiH2]C(O)CC(F)F. The predicted octanol–water partition coefficient (Wildman–Crippen LogP) is 0.177. The van der Waals surface area contributed by atoms with Gasteiger partial charge in [0, 0.05) is 12.1 Å². The summed E-state index contributed by atoms with van der Waals surface area (Å²) >= 11 is 0. The van der Waals surface area contributed by atoms with Crippen molar-refractivity contribution < 1.29 is 13.9 Å². The van der Waals surface area contributed by atoms with Crippen molar-refractivity contribution in [2.45, 2.75) is 25.1 Å². The summed E-state index contributed by atoms with van der Waals surface area (Å²) in [6.07, 6.45) is -2.67. The van der Waals surface area contributed by atoms with Gasteiger partial charge < -0.3 is 5.11 Å². The fourth-order valence-electron chi connectivity index (χ4n) is 0.372. The standard InChI is InChI=1S/C4H10F2OSi/c1-8-4(7)2-3(5)6/h3-4,7H,2,8H2,1H3. The first-order chi connectivity index (χ1) is 3.66. The molecule has 0 rings (SSSR count). The van der Waals surface area contributed by atoms with E-state index in [9.17, 15) is 8.78 Å². The van der Waals surface area contributed by atoms with Crippen LogP contribution < -0.4 is 0 Å². The van der Waals surface area contributed by atoms with Gasteiger partial charge in [0.15, 0.2) is 0 Å². The first-order valence-electron chi connectivity index (χ1n) is 2.63. The Balaban J connectivity index is 3.10. The molecule has 0 aliphatic carbocycles. The zero-order valence-electron chi connectivity index (χ0n) is 4.77. The molecule has 0 amide bonds. The molecule has 0 aromatic heterocycles. The Hall–Kier alpha value is 0.0369. The van der Waals surface area contributed by atoms with Crippen molar-refractivity contribution in [2.24, 2.45) is 0 Å². The number of alkyl halides is 2. The second-order valence-corrected chi connectivity index (χ2v) is 3.45. The third-order valence-corrected chi connectivity index (χ3v) is 2.20. The van der Waals surface area contributed by atoms with Gasteiger partial charge in [0.2, 0.25) is 6.43 Å². The van der Waals surface area contributed by atoms with Gasteiger partial charge in [-0.15, -0.1) is 0 Å². The molecule has 8 heavy (non-hydrogen) atoms. The smallest absolute Gasteiger partial charge is 0.240 e. The predicted molar refractivity (Wildman–Crippen MR) is 31.0 cm³/mol. The highest BCUT2D eigenvalue weighted by molar-refractivity contribution is 6.35. The molecule has 0 radical (unpaired) electrons. The lowest BCUT2D eigenvalue weighted by Crippen LogP contribution is -2.16. The fraction of sp³-hybridized carbons (Fsp3) is 1.00. The quantitative estimate of drug-likeness (QED) is 0.554. The third-order valence-electron chi connectivity index (χ3n) is 0.921. The van der Waals surface area contributed by atoms with E-state index in [0.29, 0.717) is 0 Å². The van der Waals surface area contributed by atoms with E-state index < -0.39 is 21.7 Å². The van der Waals surface area contributed by atoms with Crippen molar-refractivity contribution in [2.75, 3.05) is 0 Å². The maximum Gasteiger partial charge on any atom is 0.240 e. The average molecular weight is 140 g/mol. The molecule has 0 saturated heterocycles. The zero-order chi connectivity index (χ0) is 6.57. The van der Waals surface area contributed by atoms with E-state index in [1.807, 2.05) is 6.55 Å². The third kappa shape index (κ3) is 4.20. The van der Waals surface area contributed by atoms with Crippen LogP contribution in [0.5, 0.6) is 0 Å². The van der Waals surface area contributed by atoms with Crippen LogP contribution in [0.1, 0.15) is 6.42 Å². The number of halogens is 2. The topological polar surface area (TPSA) is 20.2 Å². The summed E-state index contributed by atoms with van der Waals surface area (Å²) in [4.78, 5) is 0. The van der Waals surface area contributed by atoms with Crippen molar-refractivity contribution >= 4 is 9.52 Å². The van der Waals surface area contributed by atoms with E-state index in [1.165, 1.54) is 0 Å². The largest absolute Gasteiger partial charge is 0.397 e. The molecule has 0 heterocycles. The number of hydrogen-bond acceptors (Lipinski definition) is 1. The number of hydrogen-bond donors (Lipinski definition) is 1. The van der Waals surface area contributed by atoms with E-state index in [0.717, 1.165) is 0 Å². The molecule has 1 N–H and O–H groups in total. The Morgan fingerprint density at radius 1 is 1.62 bits per heavy atom. The molecular weight excluding hydrogens is 130 g/mol. The highest BCUT2D eigenvalue weighted by Gasteiger charge is 2.08. The van der Waals surface area contributed by atoms with Crippen LogP contribution in [-0.4, -0.2) is 26.8 Å². The summed E-state index contributed by atoms with van der Waals surface area (Å²) in [5.41, 5.74) is -0.685. The molecule has 0 bridgehead atoms. The molecule has 0 aromatic rings. The van der Waals surface area contributed by atoms with E-state index >= 15 is 0 Å². The van der Waals surface area contributed by atoms with Gasteiger partial charge in [0.1, 0.15) is 0 Å². The molecule has 1 nitrogen and oxygen atoms in total. The van der Waals surface area contributed by atoms with Crippen molar-refractivity contribution in [3.63, 3.8) is 0 Å². The number of aliphatic hydroxyl groups is 1. The van der Waals surface area contributed by atoms with E-state index in [-0.39, 0.29) is 6.42 Å². The molecule has 50 valence electrons. The first kappa shape index (κ1) is 8.04. The Bertz CT molecular complexity index is 60.0. The summed E-state index contributed by atoms with van der Waals surface area (Å²) in [7, 11) is -0.629. The molecular formula is C4H10F2OSi. The van der Waals surface area contributed by atoms with Gasteiger partial charge >= 0.3 is 0 Å². The average Bonchev–Trinajstić information content (AvgIpc) is 1.65. The minimum absolute atomic E-state index is 0.331. The Morgan fingerprint density at radius 2 is 2.12 bits per heavy atom. The molecule has 4 heteroatoms. The highest BCUT2D eigenvalue weighted by atomic mass is 28.2. The van der Waals surface area contributed by atoms with Crippen LogP contribution in [0.3, 0.4) is 0 Å². The molecule has 1 atom stereocenters. The van der Waals surface area contributed by atoms with Gasteiger partial charge in [-0.25, -0.2) is 8.78 Å². The van der Waals surface area contributed by atoms with Gasteiger partial charge in [-0.3, -0.25) is 0 Å². The van der Waals surface area contributed by atoms with E-state index in [1.54, 1.807) is 0 Å². The van der Waals surface area contributed by atoms with Gasteiger partial charge in [-0.05, 0) is 0 Å². The molecule has 0 aliphatic heterocycles. The Kier molecular flexibility index (Phi) is 3.99. The second-order valence-electron chi connectivity index (χ2n) is 1.69. The summed E-state index contributed by atoms with van der Waals surface area (Å²) in [6, 6.07) is 0. The van der Waals surface area contributed by atoms with Gasteiger partial charge in [0.25, 0.3) is 0 Å². The van der Waals surface area contributed by atoms with Crippen molar-refractivity contribution in [1.82, 2.24) is 0 Å². The van der Waals surface area contributed by atoms with Crippen LogP contribution in [0.4, 0.5) is 8.78 Å². The molecule has 0 saturated carbocycles. The fourth-order valence-corrected chi connectivity index (χ4v) is 0.958. The zero-order valence-corrected chi connectivity index (χ0v) is 6.19. The molecule has 0 spiro atoms. The molecule has 0 fully saturated rings. The van der Waals surface area contributed by atoms with Crippen LogP contribution in [0.2, 0.25) is 6.55 Å². The summed E-state index contributed by atoms with van der Waals surface area (Å²) in [5.74, 6) is 0. The Labute approximate surface area is 49.5 Å². The van der Waals surface area contributed by atoms with Gasteiger partial charge in [-0.2, -0.15) is 0 Å². The van der Waals surface area contributed by atoms with Crippen LogP contribution in [0.15, 0.2) is 0 Å². The summed E-state index contributed by atoms with van der Waals surface area (Å²) in [6.45, 7) is 1.81. The molecule has 0 aliphatic rings. The molecule has 1 unspecified atom stereocenters. The maximum atomic E-state index is 11.3. The van der Waals surface area contributed by atoms with Crippen LogP contribution in [-0.2, 0) is 0 Å². The normalized spacial score (nSPS) is 16.1. The van der Waals surface area contributed by atoms with E-state index in [2.05, 4.69) is 0 Å². The van der Waals surface area contributed by atoms with E-state index in [4.69, 9.17) is 5.11 Å². The minimum atomic E-state index is -2.34. The number of aliphatic hydroxyl groups excluding tert-OH is 1. The van der Waals surface area contributed by atoms with Crippen LogP contribution in [0.25, 0.3) is 0 Å². The van der Waals surface area contributed by atoms with Crippen molar-refractivity contribution in [3.05, 3.63) is 0 Å². The van der Waals surface area contributed by atoms with Gasteiger partial charge in [0.05, 0.1) is 9.52 Å². The summed E-state index contributed by atoms with van der Waals surface area (Å²) < 4.78 is 22.7. The van der Waals surface area contributed by atoms with Gasteiger partial charge in [-0.1, -0.05) is 6.55 Å².